The Morgan fingerprint density at radius 1 is 1.42 bits per heavy atom. The summed E-state index contributed by atoms with van der Waals surface area (Å²) in [5.74, 6) is -1.12. The quantitative estimate of drug-likeness (QED) is 0.882. The number of hydrogen-bond donors (Lipinski definition) is 1. The van der Waals surface area contributed by atoms with Gasteiger partial charge in [0.05, 0.1) is 5.69 Å². The van der Waals surface area contributed by atoms with Crippen LogP contribution in [0.3, 0.4) is 0 Å². The van der Waals surface area contributed by atoms with Gasteiger partial charge in [0, 0.05) is 19.9 Å². The summed E-state index contributed by atoms with van der Waals surface area (Å²) >= 11 is 0. The van der Waals surface area contributed by atoms with Crippen LogP contribution in [0.4, 0.5) is 10.1 Å². The highest BCUT2D eigenvalue weighted by Gasteiger charge is 2.22. The lowest BCUT2D eigenvalue weighted by Crippen LogP contribution is -2.34. The molecule has 1 heterocycles. The summed E-state index contributed by atoms with van der Waals surface area (Å²) in [7, 11) is 1.49. The molecule has 19 heavy (non-hydrogen) atoms. The van der Waals surface area contributed by atoms with E-state index in [1.54, 1.807) is 19.1 Å². The van der Waals surface area contributed by atoms with Crippen molar-refractivity contribution in [3.8, 4) is 0 Å². The smallest absolute Gasteiger partial charge is 0.271 e. The van der Waals surface area contributed by atoms with E-state index in [2.05, 4.69) is 10.4 Å². The fraction of sp³-hybridized carbons (Fsp3) is 0.308. The maximum Gasteiger partial charge on any atom is 0.271 e. The summed E-state index contributed by atoms with van der Waals surface area (Å²) < 4.78 is 13.5. The first-order chi connectivity index (χ1) is 8.97. The zero-order valence-corrected chi connectivity index (χ0v) is 10.7. The Labute approximate surface area is 110 Å². The van der Waals surface area contributed by atoms with Gasteiger partial charge in [0.25, 0.3) is 5.91 Å². The van der Waals surface area contributed by atoms with Crippen LogP contribution in [0.15, 0.2) is 23.3 Å². The van der Waals surface area contributed by atoms with Crippen molar-refractivity contribution in [1.29, 1.82) is 0 Å². The molecule has 2 amide bonds. The number of rotatable bonds is 2. The van der Waals surface area contributed by atoms with Crippen molar-refractivity contribution in [2.75, 3.05) is 12.4 Å². The maximum atomic E-state index is 13.5. The van der Waals surface area contributed by atoms with Gasteiger partial charge in [0.1, 0.15) is 11.5 Å². The molecule has 0 fully saturated rings. The van der Waals surface area contributed by atoms with Crippen LogP contribution in [0, 0.1) is 12.7 Å². The number of carbonyl (C=O) groups is 2. The normalized spacial score (nSPS) is 15.2. The van der Waals surface area contributed by atoms with Crippen molar-refractivity contribution < 1.29 is 14.0 Å². The summed E-state index contributed by atoms with van der Waals surface area (Å²) in [6.07, 6.45) is 0.501. The molecule has 0 bridgehead atoms. The van der Waals surface area contributed by atoms with Gasteiger partial charge in [-0.1, -0.05) is 6.07 Å². The molecule has 1 aliphatic rings. The van der Waals surface area contributed by atoms with Crippen LogP contribution in [-0.4, -0.2) is 29.6 Å². The number of anilines is 1. The average molecular weight is 263 g/mol. The van der Waals surface area contributed by atoms with Crippen LogP contribution >= 0.6 is 0 Å². The molecule has 0 unspecified atom stereocenters. The van der Waals surface area contributed by atoms with Crippen molar-refractivity contribution in [3.05, 3.63) is 29.6 Å². The summed E-state index contributed by atoms with van der Waals surface area (Å²) in [5, 5.41) is 7.48. The summed E-state index contributed by atoms with van der Waals surface area (Å²) in [4.78, 5) is 23.2. The van der Waals surface area contributed by atoms with Gasteiger partial charge in [0.2, 0.25) is 5.91 Å². The van der Waals surface area contributed by atoms with Gasteiger partial charge >= 0.3 is 0 Å². The van der Waals surface area contributed by atoms with Crippen LogP contribution in [0.5, 0.6) is 0 Å². The highest BCUT2D eigenvalue weighted by molar-refractivity contribution is 6.43. The van der Waals surface area contributed by atoms with E-state index in [9.17, 15) is 14.0 Å². The van der Waals surface area contributed by atoms with E-state index < -0.39 is 11.7 Å². The number of carbonyl (C=O) groups excluding carboxylic acids is 2. The van der Waals surface area contributed by atoms with Gasteiger partial charge < -0.3 is 5.32 Å². The molecule has 0 radical (unpaired) electrons. The van der Waals surface area contributed by atoms with Crippen molar-refractivity contribution in [2.45, 2.75) is 19.8 Å². The van der Waals surface area contributed by atoms with Gasteiger partial charge in [-0.3, -0.25) is 9.59 Å². The predicted octanol–water partition coefficient (Wildman–Crippen LogP) is 1.68. The molecule has 6 heteroatoms. The number of hydrogen-bond acceptors (Lipinski definition) is 3. The number of benzene rings is 1. The zero-order valence-electron chi connectivity index (χ0n) is 10.7. The Kier molecular flexibility index (Phi) is 3.59. The van der Waals surface area contributed by atoms with Gasteiger partial charge in [-0.2, -0.15) is 5.10 Å². The van der Waals surface area contributed by atoms with E-state index in [0.29, 0.717) is 0 Å². The van der Waals surface area contributed by atoms with Crippen LogP contribution in [0.1, 0.15) is 18.4 Å². The highest BCUT2D eigenvalue weighted by atomic mass is 19.1. The van der Waals surface area contributed by atoms with E-state index in [1.807, 2.05) is 0 Å². The Hall–Kier alpha value is -2.24. The Bertz CT molecular complexity index is 569. The fourth-order valence-corrected chi connectivity index (χ4v) is 1.76. The Morgan fingerprint density at radius 3 is 2.84 bits per heavy atom. The van der Waals surface area contributed by atoms with Gasteiger partial charge in [0.15, 0.2) is 0 Å². The molecule has 2 rings (SSSR count). The van der Waals surface area contributed by atoms with Crippen molar-refractivity contribution in [2.24, 2.45) is 5.10 Å². The standard InChI is InChI=1S/C13H14FN3O2/c1-8-3-4-9(14)11(7-8)15-13(19)10-5-6-12(18)17(2)16-10/h3-4,7H,5-6H2,1-2H3,(H,15,19). The number of aryl methyl sites for hydroxylation is 1. The molecular formula is C13H14FN3O2. The number of nitrogens with zero attached hydrogens (tertiary/aromatic N) is 2. The van der Waals surface area contributed by atoms with Gasteiger partial charge in [-0.15, -0.1) is 0 Å². The summed E-state index contributed by atoms with van der Waals surface area (Å²) in [6, 6.07) is 4.46. The number of amides is 2. The summed E-state index contributed by atoms with van der Waals surface area (Å²) in [6.45, 7) is 1.81. The molecule has 1 N–H and O–H groups in total. The van der Waals surface area contributed by atoms with Gasteiger partial charge in [-0.25, -0.2) is 9.40 Å². The van der Waals surface area contributed by atoms with E-state index >= 15 is 0 Å². The largest absolute Gasteiger partial charge is 0.318 e. The van der Waals surface area contributed by atoms with Crippen molar-refractivity contribution >= 4 is 23.2 Å². The second kappa shape index (κ2) is 5.17. The van der Waals surface area contributed by atoms with Crippen LogP contribution in [-0.2, 0) is 9.59 Å². The van der Waals surface area contributed by atoms with Crippen molar-refractivity contribution in [3.63, 3.8) is 0 Å². The molecule has 0 spiro atoms. The Morgan fingerprint density at radius 2 is 2.16 bits per heavy atom. The minimum atomic E-state index is -0.500. The first-order valence-electron chi connectivity index (χ1n) is 5.89. The third-order valence-electron chi connectivity index (χ3n) is 2.84. The first kappa shape index (κ1) is 13.2. The maximum absolute atomic E-state index is 13.5. The number of nitrogens with one attached hydrogen (secondary N) is 1. The monoisotopic (exact) mass is 263 g/mol. The molecule has 1 aromatic carbocycles. The van der Waals surface area contributed by atoms with Crippen LogP contribution in [0.2, 0.25) is 0 Å². The van der Waals surface area contributed by atoms with Gasteiger partial charge in [-0.05, 0) is 24.6 Å². The molecule has 5 nitrogen and oxygen atoms in total. The third kappa shape index (κ3) is 2.96. The van der Waals surface area contributed by atoms with Crippen molar-refractivity contribution in [1.82, 2.24) is 5.01 Å². The molecule has 0 aromatic heterocycles. The fourth-order valence-electron chi connectivity index (χ4n) is 1.76. The van der Waals surface area contributed by atoms with E-state index in [4.69, 9.17) is 0 Å². The number of halogens is 1. The highest BCUT2D eigenvalue weighted by Crippen LogP contribution is 2.16. The molecule has 100 valence electrons. The van der Waals surface area contributed by atoms with Crippen LogP contribution in [0.25, 0.3) is 0 Å². The SMILES string of the molecule is Cc1ccc(F)c(NC(=O)C2=NN(C)C(=O)CC2)c1. The van der Waals surface area contributed by atoms with Crippen LogP contribution < -0.4 is 5.32 Å². The molecule has 0 saturated heterocycles. The lowest BCUT2D eigenvalue weighted by Gasteiger charge is -2.19. The average Bonchev–Trinajstić information content (AvgIpc) is 2.37. The van der Waals surface area contributed by atoms with E-state index in [-0.39, 0.29) is 30.1 Å². The lowest BCUT2D eigenvalue weighted by molar-refractivity contribution is -0.130. The molecule has 1 aliphatic heterocycles. The molecule has 0 aliphatic carbocycles. The predicted molar refractivity (Wildman–Crippen MR) is 69.2 cm³/mol. The molecular weight excluding hydrogens is 249 g/mol. The Balaban J connectivity index is 2.15. The van der Waals surface area contributed by atoms with E-state index in [0.717, 1.165) is 10.6 Å². The second-order valence-electron chi connectivity index (χ2n) is 4.40. The minimum Gasteiger partial charge on any atom is -0.318 e. The first-order valence-corrected chi connectivity index (χ1v) is 5.89. The third-order valence-corrected chi connectivity index (χ3v) is 2.84. The molecule has 0 saturated carbocycles. The molecule has 1 aromatic rings. The lowest BCUT2D eigenvalue weighted by atomic mass is 10.1. The summed E-state index contributed by atoms with van der Waals surface area (Å²) in [5.41, 5.74) is 1.19. The minimum absolute atomic E-state index is 0.118. The zero-order chi connectivity index (χ0) is 14.0. The van der Waals surface area contributed by atoms with E-state index in [1.165, 1.54) is 13.1 Å². The number of hydrazone groups is 1. The molecule has 0 atom stereocenters. The second-order valence-corrected chi connectivity index (χ2v) is 4.40. The topological polar surface area (TPSA) is 61.8 Å².